The van der Waals surface area contributed by atoms with Crippen LogP contribution in [0.2, 0.25) is 0 Å². The van der Waals surface area contributed by atoms with Gasteiger partial charge in [0.05, 0.1) is 0 Å². The zero-order valence-electron chi connectivity index (χ0n) is 47.8. The molecule has 0 N–H and O–H groups in total. The highest BCUT2D eigenvalue weighted by Crippen LogP contribution is 2.17. The van der Waals surface area contributed by atoms with Gasteiger partial charge in [-0.1, -0.05) is 282 Å². The molecule has 0 radical (unpaired) electrons. The van der Waals surface area contributed by atoms with Gasteiger partial charge in [0.15, 0.2) is 6.10 Å². The van der Waals surface area contributed by atoms with Gasteiger partial charge in [-0.05, 0) is 77.0 Å². The smallest absolute Gasteiger partial charge is 0.306 e. The predicted octanol–water partition coefficient (Wildman–Crippen LogP) is 21.2. The normalized spacial score (nSPS) is 12.2. The summed E-state index contributed by atoms with van der Waals surface area (Å²) in [7, 11) is 0. The van der Waals surface area contributed by atoms with Gasteiger partial charge >= 0.3 is 17.9 Å². The fraction of sp³-hybridized carbons (Fsp3) is 0.862. The topological polar surface area (TPSA) is 78.9 Å². The van der Waals surface area contributed by atoms with Gasteiger partial charge < -0.3 is 14.2 Å². The van der Waals surface area contributed by atoms with Crippen molar-refractivity contribution in [1.82, 2.24) is 0 Å². The van der Waals surface area contributed by atoms with Crippen LogP contribution >= 0.6 is 0 Å². The molecule has 6 heteroatoms. The number of allylic oxidation sites excluding steroid dienone is 6. The van der Waals surface area contributed by atoms with Crippen LogP contribution in [-0.4, -0.2) is 37.2 Å². The van der Waals surface area contributed by atoms with Gasteiger partial charge in [-0.2, -0.15) is 0 Å². The maximum Gasteiger partial charge on any atom is 0.306 e. The van der Waals surface area contributed by atoms with E-state index in [1.54, 1.807) is 0 Å². The molecule has 1 atom stereocenters. The summed E-state index contributed by atoms with van der Waals surface area (Å²) in [6, 6.07) is 0. The van der Waals surface area contributed by atoms with Crippen molar-refractivity contribution < 1.29 is 28.6 Å². The van der Waals surface area contributed by atoms with E-state index in [9.17, 15) is 14.4 Å². The minimum Gasteiger partial charge on any atom is -0.462 e. The minimum absolute atomic E-state index is 0.0767. The second-order valence-electron chi connectivity index (χ2n) is 21.3. The Labute approximate surface area is 442 Å². The van der Waals surface area contributed by atoms with E-state index in [2.05, 4.69) is 57.2 Å². The van der Waals surface area contributed by atoms with E-state index in [0.717, 1.165) is 89.9 Å². The Morgan fingerprint density at radius 2 is 0.507 bits per heavy atom. The van der Waals surface area contributed by atoms with Crippen LogP contribution in [0.5, 0.6) is 0 Å². The molecule has 0 amide bonds. The molecule has 0 saturated heterocycles. The summed E-state index contributed by atoms with van der Waals surface area (Å²) >= 11 is 0. The lowest BCUT2D eigenvalue weighted by atomic mass is 10.0. The SMILES string of the molecule is CCCCC/C=C\C/C=C\CCCCCCCC(=O)OC(COC(=O)CCCCCCC/C=C\CCCCCC)COC(=O)CCCCCCCCCCCCCCCCCCCCCCCCCCC. The molecule has 416 valence electrons. The summed E-state index contributed by atoms with van der Waals surface area (Å²) in [5.74, 6) is -0.880. The number of hydrogen-bond acceptors (Lipinski definition) is 6. The molecule has 0 saturated carbocycles. The van der Waals surface area contributed by atoms with E-state index in [1.165, 1.54) is 212 Å². The Kier molecular flexibility index (Phi) is 58.2. The third-order valence-electron chi connectivity index (χ3n) is 14.1. The molecule has 71 heavy (non-hydrogen) atoms. The molecule has 0 aliphatic carbocycles. The third kappa shape index (κ3) is 58.4. The van der Waals surface area contributed by atoms with Crippen LogP contribution in [-0.2, 0) is 28.6 Å². The fourth-order valence-corrected chi connectivity index (χ4v) is 9.35. The second-order valence-corrected chi connectivity index (χ2v) is 21.3. The molecule has 0 fully saturated rings. The molecule has 0 aromatic rings. The number of carbonyl (C=O) groups is 3. The highest BCUT2D eigenvalue weighted by Gasteiger charge is 2.19. The summed E-state index contributed by atoms with van der Waals surface area (Å²) in [6.07, 6.45) is 73.0. The zero-order chi connectivity index (χ0) is 51.4. The Bertz CT molecular complexity index is 1190. The van der Waals surface area contributed by atoms with Gasteiger partial charge in [0, 0.05) is 19.3 Å². The van der Waals surface area contributed by atoms with Gasteiger partial charge in [0.2, 0.25) is 0 Å². The average Bonchev–Trinajstić information content (AvgIpc) is 3.37. The van der Waals surface area contributed by atoms with Crippen molar-refractivity contribution in [3.8, 4) is 0 Å². The molecule has 0 aromatic heterocycles. The first-order valence-electron chi connectivity index (χ1n) is 31.5. The molecule has 0 aliphatic heterocycles. The van der Waals surface area contributed by atoms with Crippen molar-refractivity contribution in [2.75, 3.05) is 13.2 Å². The zero-order valence-corrected chi connectivity index (χ0v) is 47.8. The highest BCUT2D eigenvalue weighted by molar-refractivity contribution is 5.71. The number of carbonyl (C=O) groups excluding carboxylic acids is 3. The Morgan fingerprint density at radius 3 is 0.831 bits per heavy atom. The number of hydrogen-bond donors (Lipinski definition) is 0. The Hall–Kier alpha value is -2.37. The monoisotopic (exact) mass is 997 g/mol. The predicted molar refractivity (Wildman–Crippen MR) is 307 cm³/mol. The summed E-state index contributed by atoms with van der Waals surface area (Å²) in [5, 5.41) is 0. The van der Waals surface area contributed by atoms with Crippen molar-refractivity contribution in [2.45, 2.75) is 348 Å². The molecular weight excluding hydrogens is 877 g/mol. The molecule has 0 aliphatic rings. The molecule has 0 bridgehead atoms. The molecule has 1 unspecified atom stereocenters. The lowest BCUT2D eigenvalue weighted by molar-refractivity contribution is -0.167. The minimum atomic E-state index is -0.780. The Balaban J connectivity index is 4.23. The van der Waals surface area contributed by atoms with Crippen LogP contribution in [0.4, 0.5) is 0 Å². The summed E-state index contributed by atoms with van der Waals surface area (Å²) in [6.45, 7) is 6.63. The average molecular weight is 998 g/mol. The maximum absolute atomic E-state index is 12.9. The Morgan fingerprint density at radius 1 is 0.282 bits per heavy atom. The first kappa shape index (κ1) is 68.6. The first-order valence-corrected chi connectivity index (χ1v) is 31.5. The van der Waals surface area contributed by atoms with Crippen molar-refractivity contribution >= 4 is 17.9 Å². The van der Waals surface area contributed by atoms with Crippen LogP contribution in [0, 0.1) is 0 Å². The van der Waals surface area contributed by atoms with Gasteiger partial charge in [-0.3, -0.25) is 14.4 Å². The van der Waals surface area contributed by atoms with E-state index >= 15 is 0 Å². The largest absolute Gasteiger partial charge is 0.462 e. The number of ether oxygens (including phenoxy) is 3. The van der Waals surface area contributed by atoms with E-state index in [0.29, 0.717) is 19.3 Å². The third-order valence-corrected chi connectivity index (χ3v) is 14.1. The molecule has 0 spiro atoms. The lowest BCUT2D eigenvalue weighted by Crippen LogP contribution is -2.30. The van der Waals surface area contributed by atoms with E-state index in [-0.39, 0.29) is 31.1 Å². The molecule has 0 heterocycles. The van der Waals surface area contributed by atoms with Crippen LogP contribution in [0.1, 0.15) is 342 Å². The van der Waals surface area contributed by atoms with E-state index in [4.69, 9.17) is 14.2 Å². The van der Waals surface area contributed by atoms with Crippen molar-refractivity contribution in [2.24, 2.45) is 0 Å². The fourth-order valence-electron chi connectivity index (χ4n) is 9.35. The van der Waals surface area contributed by atoms with Gasteiger partial charge in [0.1, 0.15) is 13.2 Å². The van der Waals surface area contributed by atoms with Crippen molar-refractivity contribution in [3.63, 3.8) is 0 Å². The van der Waals surface area contributed by atoms with E-state index < -0.39 is 6.10 Å². The molecule has 0 aromatic carbocycles. The van der Waals surface area contributed by atoms with Crippen LogP contribution in [0.25, 0.3) is 0 Å². The molecule has 0 rings (SSSR count). The molecular formula is C65H120O6. The maximum atomic E-state index is 12.9. The quantitative estimate of drug-likeness (QED) is 0.0261. The van der Waals surface area contributed by atoms with Crippen molar-refractivity contribution in [3.05, 3.63) is 36.5 Å². The van der Waals surface area contributed by atoms with Crippen LogP contribution < -0.4 is 0 Å². The summed E-state index contributed by atoms with van der Waals surface area (Å²) in [5.41, 5.74) is 0. The van der Waals surface area contributed by atoms with Gasteiger partial charge in [-0.25, -0.2) is 0 Å². The summed E-state index contributed by atoms with van der Waals surface area (Å²) in [4.78, 5) is 38.2. The van der Waals surface area contributed by atoms with Crippen LogP contribution in [0.3, 0.4) is 0 Å². The standard InChI is InChI=1S/C65H120O6/c1-4-7-10-13-16-19-22-25-27-28-29-30-31-32-33-34-35-36-38-40-43-46-49-52-55-58-64(67)70-61-62(60-69-63(66)57-54-51-48-45-42-39-24-21-18-15-12-9-6-3)71-65(68)59-56-53-50-47-44-41-37-26-23-20-17-14-11-8-5-2/h17,20-21,24,26,37,62H,4-16,18-19,22-23,25,27-36,38-61H2,1-3H3/b20-17-,24-21-,37-26-. The summed E-state index contributed by atoms with van der Waals surface area (Å²) < 4.78 is 16.9. The van der Waals surface area contributed by atoms with Crippen molar-refractivity contribution in [1.29, 1.82) is 0 Å². The second kappa shape index (κ2) is 60.2. The number of esters is 3. The van der Waals surface area contributed by atoms with Crippen LogP contribution in [0.15, 0.2) is 36.5 Å². The number of rotatable bonds is 58. The number of unbranched alkanes of at least 4 members (excludes halogenated alkanes) is 41. The first-order chi connectivity index (χ1) is 35.0. The highest BCUT2D eigenvalue weighted by atomic mass is 16.6. The van der Waals surface area contributed by atoms with E-state index in [1.807, 2.05) is 0 Å². The molecule has 6 nitrogen and oxygen atoms in total. The van der Waals surface area contributed by atoms with Gasteiger partial charge in [0.25, 0.3) is 0 Å². The lowest BCUT2D eigenvalue weighted by Gasteiger charge is -2.18. The van der Waals surface area contributed by atoms with Gasteiger partial charge in [-0.15, -0.1) is 0 Å².